The summed E-state index contributed by atoms with van der Waals surface area (Å²) in [6, 6.07) is 8.45. The minimum absolute atomic E-state index is 0. The van der Waals surface area contributed by atoms with Crippen molar-refractivity contribution in [2.24, 2.45) is 0 Å². The smallest absolute Gasteiger partial charge is 0.0636 e. The third kappa shape index (κ3) is 6.05. The van der Waals surface area contributed by atoms with Crippen molar-refractivity contribution < 1.29 is 5.11 Å². The molecule has 0 fully saturated rings. The number of nitrogens with one attached hydrogen (secondary N) is 1. The van der Waals surface area contributed by atoms with Crippen molar-refractivity contribution in [3.05, 3.63) is 29.8 Å². The highest BCUT2D eigenvalue weighted by Gasteiger charge is 1.96. The van der Waals surface area contributed by atoms with E-state index in [0.29, 0.717) is 6.54 Å². The van der Waals surface area contributed by atoms with E-state index in [2.05, 4.69) is 35.8 Å². The largest absolute Gasteiger partial charge is 0.392 e. The van der Waals surface area contributed by atoms with Gasteiger partial charge in [0.25, 0.3) is 0 Å². The molecular formula is C11H18ClNOS. The molecule has 1 rings (SSSR count). The fourth-order valence-electron chi connectivity index (χ4n) is 1.17. The van der Waals surface area contributed by atoms with Gasteiger partial charge in [0.15, 0.2) is 0 Å². The van der Waals surface area contributed by atoms with Crippen LogP contribution in [-0.4, -0.2) is 24.0 Å². The van der Waals surface area contributed by atoms with Crippen LogP contribution in [0.15, 0.2) is 29.2 Å². The summed E-state index contributed by atoms with van der Waals surface area (Å²) in [6.07, 6.45) is 1.79. The molecule has 0 aromatic heterocycles. The highest BCUT2D eigenvalue weighted by Crippen LogP contribution is 2.14. The van der Waals surface area contributed by atoms with Gasteiger partial charge in [-0.05, 0) is 30.9 Å². The molecule has 0 heterocycles. The molecule has 4 heteroatoms. The van der Waals surface area contributed by atoms with Gasteiger partial charge >= 0.3 is 0 Å². The Bertz CT molecular complexity index is 264. The standard InChI is InChI=1S/C11H17NOS.ClH/c1-9(13)7-12-8-10-3-5-11(14-2)6-4-10;/h3-6,9,12-13H,7-8H2,1-2H3;1H. The summed E-state index contributed by atoms with van der Waals surface area (Å²) in [5.74, 6) is 0. The first-order valence-corrected chi connectivity index (χ1v) is 5.96. The second kappa shape index (κ2) is 7.99. The molecule has 1 aromatic carbocycles. The van der Waals surface area contributed by atoms with Crippen LogP contribution in [0.25, 0.3) is 0 Å². The molecule has 2 nitrogen and oxygen atoms in total. The van der Waals surface area contributed by atoms with Gasteiger partial charge in [0.05, 0.1) is 6.10 Å². The van der Waals surface area contributed by atoms with Crippen molar-refractivity contribution in [3.63, 3.8) is 0 Å². The summed E-state index contributed by atoms with van der Waals surface area (Å²) in [4.78, 5) is 1.28. The van der Waals surface area contributed by atoms with Crippen LogP contribution in [0, 0.1) is 0 Å². The first-order chi connectivity index (χ1) is 6.72. The fourth-order valence-corrected chi connectivity index (χ4v) is 1.58. The maximum absolute atomic E-state index is 9.05. The zero-order valence-electron chi connectivity index (χ0n) is 9.06. The second-order valence-corrected chi connectivity index (χ2v) is 4.21. The average Bonchev–Trinajstić information content (AvgIpc) is 2.18. The lowest BCUT2D eigenvalue weighted by molar-refractivity contribution is 0.191. The summed E-state index contributed by atoms with van der Waals surface area (Å²) in [7, 11) is 0. The predicted molar refractivity (Wildman–Crippen MR) is 68.9 cm³/mol. The average molecular weight is 248 g/mol. The number of halogens is 1. The molecule has 2 N–H and O–H groups in total. The van der Waals surface area contributed by atoms with Gasteiger partial charge in [-0.3, -0.25) is 0 Å². The van der Waals surface area contributed by atoms with Gasteiger partial charge in [-0.1, -0.05) is 12.1 Å². The van der Waals surface area contributed by atoms with Gasteiger partial charge in [-0.25, -0.2) is 0 Å². The Labute approximate surface area is 102 Å². The van der Waals surface area contributed by atoms with Gasteiger partial charge in [0.2, 0.25) is 0 Å². The molecule has 0 amide bonds. The summed E-state index contributed by atoms with van der Waals surface area (Å²) in [5.41, 5.74) is 1.25. The minimum Gasteiger partial charge on any atom is -0.392 e. The maximum Gasteiger partial charge on any atom is 0.0636 e. The van der Waals surface area contributed by atoms with Crippen LogP contribution in [0.4, 0.5) is 0 Å². The number of thioether (sulfide) groups is 1. The van der Waals surface area contributed by atoms with Crippen LogP contribution in [0.2, 0.25) is 0 Å². The maximum atomic E-state index is 9.05. The van der Waals surface area contributed by atoms with Gasteiger partial charge in [0.1, 0.15) is 0 Å². The van der Waals surface area contributed by atoms with Crippen molar-refractivity contribution in [3.8, 4) is 0 Å². The van der Waals surface area contributed by atoms with Gasteiger partial charge in [-0.2, -0.15) is 0 Å². The quantitative estimate of drug-likeness (QED) is 0.784. The number of hydrogen-bond acceptors (Lipinski definition) is 3. The molecule has 1 unspecified atom stereocenters. The summed E-state index contributed by atoms with van der Waals surface area (Å²) >= 11 is 1.75. The van der Waals surface area contributed by atoms with Crippen LogP contribution < -0.4 is 5.32 Å². The van der Waals surface area contributed by atoms with E-state index in [4.69, 9.17) is 5.11 Å². The van der Waals surface area contributed by atoms with Gasteiger partial charge < -0.3 is 10.4 Å². The first kappa shape index (κ1) is 14.8. The number of aliphatic hydroxyl groups excluding tert-OH is 1. The van der Waals surface area contributed by atoms with E-state index >= 15 is 0 Å². The summed E-state index contributed by atoms with van der Waals surface area (Å²) < 4.78 is 0. The lowest BCUT2D eigenvalue weighted by Gasteiger charge is -2.07. The van der Waals surface area contributed by atoms with Gasteiger partial charge in [0, 0.05) is 18.0 Å². The Kier molecular flexibility index (Phi) is 7.88. The number of aliphatic hydroxyl groups is 1. The molecule has 0 aliphatic heterocycles. The SMILES string of the molecule is CSc1ccc(CNCC(C)O)cc1.Cl. The van der Waals surface area contributed by atoms with Crippen molar-refractivity contribution in [1.82, 2.24) is 5.32 Å². The predicted octanol–water partition coefficient (Wildman–Crippen LogP) is 2.30. The Morgan fingerprint density at radius 2 is 1.93 bits per heavy atom. The molecular weight excluding hydrogens is 230 g/mol. The lowest BCUT2D eigenvalue weighted by Crippen LogP contribution is -2.23. The van der Waals surface area contributed by atoms with Crippen molar-refractivity contribution in [2.45, 2.75) is 24.5 Å². The molecule has 1 aromatic rings. The summed E-state index contributed by atoms with van der Waals surface area (Å²) in [6.45, 7) is 3.24. The third-order valence-electron chi connectivity index (χ3n) is 1.93. The molecule has 0 saturated carbocycles. The highest BCUT2D eigenvalue weighted by atomic mass is 35.5. The lowest BCUT2D eigenvalue weighted by atomic mass is 10.2. The van der Waals surface area contributed by atoms with Crippen LogP contribution >= 0.6 is 24.2 Å². The van der Waals surface area contributed by atoms with E-state index in [1.165, 1.54) is 10.5 Å². The Morgan fingerprint density at radius 3 is 2.40 bits per heavy atom. The molecule has 0 radical (unpaired) electrons. The first-order valence-electron chi connectivity index (χ1n) is 4.74. The topological polar surface area (TPSA) is 32.3 Å². The van der Waals surface area contributed by atoms with E-state index in [1.54, 1.807) is 18.7 Å². The van der Waals surface area contributed by atoms with Crippen molar-refractivity contribution in [2.75, 3.05) is 12.8 Å². The molecule has 1 atom stereocenters. The molecule has 0 saturated heterocycles. The van der Waals surface area contributed by atoms with Crippen LogP contribution in [0.1, 0.15) is 12.5 Å². The van der Waals surface area contributed by atoms with Crippen LogP contribution in [-0.2, 0) is 6.54 Å². The zero-order valence-corrected chi connectivity index (χ0v) is 10.7. The Morgan fingerprint density at radius 1 is 1.33 bits per heavy atom. The van der Waals surface area contributed by atoms with Gasteiger partial charge in [-0.15, -0.1) is 24.2 Å². The molecule has 86 valence electrons. The molecule has 0 aliphatic carbocycles. The van der Waals surface area contributed by atoms with E-state index in [9.17, 15) is 0 Å². The number of benzene rings is 1. The third-order valence-corrected chi connectivity index (χ3v) is 2.67. The van der Waals surface area contributed by atoms with Crippen LogP contribution in [0.3, 0.4) is 0 Å². The minimum atomic E-state index is -0.277. The Hall–Kier alpha value is -0.220. The van der Waals surface area contributed by atoms with Crippen molar-refractivity contribution in [1.29, 1.82) is 0 Å². The number of rotatable bonds is 5. The summed E-state index contributed by atoms with van der Waals surface area (Å²) in [5, 5.41) is 12.2. The molecule has 0 bridgehead atoms. The number of hydrogen-bond donors (Lipinski definition) is 2. The van der Waals surface area contributed by atoms with Crippen molar-refractivity contribution >= 4 is 24.2 Å². The van der Waals surface area contributed by atoms with E-state index in [0.717, 1.165) is 6.54 Å². The molecule has 0 spiro atoms. The second-order valence-electron chi connectivity index (χ2n) is 3.33. The monoisotopic (exact) mass is 247 g/mol. The highest BCUT2D eigenvalue weighted by molar-refractivity contribution is 7.98. The Balaban J connectivity index is 0.00000196. The van der Waals surface area contributed by atoms with E-state index < -0.39 is 0 Å². The normalized spacial score (nSPS) is 11.9. The molecule has 0 aliphatic rings. The molecule has 15 heavy (non-hydrogen) atoms. The fraction of sp³-hybridized carbons (Fsp3) is 0.455. The van der Waals surface area contributed by atoms with E-state index in [1.807, 2.05) is 0 Å². The zero-order chi connectivity index (χ0) is 10.4. The van der Waals surface area contributed by atoms with Crippen LogP contribution in [0.5, 0.6) is 0 Å². The van der Waals surface area contributed by atoms with E-state index in [-0.39, 0.29) is 18.5 Å².